The van der Waals surface area contributed by atoms with Crippen LogP contribution in [0.2, 0.25) is 0 Å². The summed E-state index contributed by atoms with van der Waals surface area (Å²) in [5.41, 5.74) is 79.7. The van der Waals surface area contributed by atoms with Crippen molar-refractivity contribution < 1.29 is 0 Å². The Morgan fingerprint density at radius 2 is 0.622 bits per heavy atom. The second-order valence-corrected chi connectivity index (χ2v) is 18.3. The van der Waals surface area contributed by atoms with Gasteiger partial charge in [-0.3, -0.25) is 4.99 Å². The molecule has 25 N–H and O–H groups in total. The first-order valence-electron chi connectivity index (χ1n) is 27.5. The fourth-order valence-corrected chi connectivity index (χ4v) is 7.94. The molecule has 0 amide bonds. The fraction of sp³-hybridized carbons (Fsp3) is 0.143. The zero-order valence-electron chi connectivity index (χ0n) is 50.0. The van der Waals surface area contributed by atoms with Gasteiger partial charge in [-0.25, -0.2) is 24.7 Å². The Kier molecular flexibility index (Phi) is 28.5. The standard InChI is InChI=1S/C34H34N12.C30H26N4.C6H10N4/c35-31(36)43-12-2-6-23-16-24(7-3-13-44-32(37)38)19-29(18-23)27-10-1-11-28(22-27)30-20-25(8-4-14-45-33(39)40)17-26(21-30)9-5-15-46-34(41)42;31-12-2-6-23-16-24(7-3-13-32)19-29(18-23)27-10-1-11-28(22-27)30-20-25(8-4-14-33)17-26(21-30)9-5-15-34;1-7-6(8-2)10-5-3-4-9-10/h1,10-11,16-22H,12-15H2,(H4,35,36,43)(H4,37,38,44)(H4,39,40,45)(H4,41,42,46);1,10-11,16-22H,12-15,31-34H2;3-5H,1-2H3,(H,7,8). The molecular formula is C70H70N20. The van der Waals surface area contributed by atoms with Gasteiger partial charge in [-0.15, -0.1) is 0 Å². The first kappa shape index (κ1) is 68.2. The van der Waals surface area contributed by atoms with E-state index in [-0.39, 0.29) is 50.0 Å². The van der Waals surface area contributed by atoms with Crippen LogP contribution in [0.15, 0.2) is 165 Å². The van der Waals surface area contributed by atoms with Crippen LogP contribution in [0.5, 0.6) is 0 Å². The number of aliphatic imine (C=N–C) groups is 5. The smallest absolute Gasteiger partial charge is 0.218 e. The summed E-state index contributed by atoms with van der Waals surface area (Å²) in [5.74, 6) is 48.9. The van der Waals surface area contributed by atoms with E-state index >= 15 is 0 Å². The van der Waals surface area contributed by atoms with E-state index in [2.05, 4.69) is 154 Å². The lowest BCUT2D eigenvalue weighted by Crippen LogP contribution is -2.26. The lowest BCUT2D eigenvalue weighted by Gasteiger charge is -2.09. The predicted octanol–water partition coefficient (Wildman–Crippen LogP) is 1.72. The minimum atomic E-state index is -0.0298. The lowest BCUT2D eigenvalue weighted by atomic mass is 9.95. The van der Waals surface area contributed by atoms with E-state index < -0.39 is 0 Å². The molecule has 0 fully saturated rings. The van der Waals surface area contributed by atoms with Crippen LogP contribution in [0.3, 0.4) is 0 Å². The fourth-order valence-electron chi connectivity index (χ4n) is 7.94. The molecule has 450 valence electrons. The Hall–Kier alpha value is -12.6. The van der Waals surface area contributed by atoms with Crippen LogP contribution in [0, 0.1) is 94.7 Å². The van der Waals surface area contributed by atoms with E-state index in [4.69, 9.17) is 68.8 Å². The Labute approximate surface area is 526 Å². The van der Waals surface area contributed by atoms with Crippen molar-refractivity contribution in [1.29, 1.82) is 0 Å². The summed E-state index contributed by atoms with van der Waals surface area (Å²) < 4.78 is 1.67. The lowest BCUT2D eigenvalue weighted by molar-refractivity contribution is 0.875. The van der Waals surface area contributed by atoms with E-state index in [1.165, 1.54) is 0 Å². The van der Waals surface area contributed by atoms with Crippen molar-refractivity contribution in [2.24, 2.45) is 93.8 Å². The summed E-state index contributed by atoms with van der Waals surface area (Å²) in [7, 11) is 3.53. The molecule has 0 unspecified atom stereocenters. The molecule has 1 heterocycles. The molecule has 0 spiro atoms. The van der Waals surface area contributed by atoms with Crippen molar-refractivity contribution in [2.75, 3.05) is 66.5 Å². The monoisotopic (exact) mass is 1190 g/mol. The first-order chi connectivity index (χ1) is 43.6. The molecule has 20 nitrogen and oxygen atoms in total. The highest BCUT2D eigenvalue weighted by molar-refractivity contribution is 5.82. The van der Waals surface area contributed by atoms with Crippen LogP contribution >= 0.6 is 0 Å². The van der Waals surface area contributed by atoms with Crippen molar-refractivity contribution in [3.05, 3.63) is 184 Å². The molecule has 7 rings (SSSR count). The molecule has 1 aromatic heterocycles. The van der Waals surface area contributed by atoms with Gasteiger partial charge in [-0.2, -0.15) is 5.10 Å². The van der Waals surface area contributed by atoms with Gasteiger partial charge in [0.25, 0.3) is 0 Å². The Bertz CT molecular complexity index is 3890. The zero-order valence-corrected chi connectivity index (χ0v) is 50.0. The van der Waals surface area contributed by atoms with E-state index in [0.29, 0.717) is 26.2 Å². The molecule has 7 aromatic rings. The summed E-state index contributed by atoms with van der Waals surface area (Å²) in [4.78, 5) is 19.6. The molecule has 20 heteroatoms. The number of benzene rings is 6. The van der Waals surface area contributed by atoms with E-state index in [1.54, 1.807) is 17.9 Å². The molecule has 0 aliphatic rings. The van der Waals surface area contributed by atoms with Crippen molar-refractivity contribution in [3.8, 4) is 139 Å². The van der Waals surface area contributed by atoms with Gasteiger partial charge < -0.3 is 74.1 Å². The number of nitrogens with two attached hydrogens (primary N) is 12. The maximum Gasteiger partial charge on any atom is 0.218 e. The van der Waals surface area contributed by atoms with Crippen LogP contribution in [-0.2, 0) is 0 Å². The number of nitrogens with zero attached hydrogens (tertiary/aromatic N) is 7. The van der Waals surface area contributed by atoms with Gasteiger partial charge >= 0.3 is 0 Å². The number of aromatic nitrogens is 2. The molecule has 0 aliphatic carbocycles. The van der Waals surface area contributed by atoms with Gasteiger partial charge in [-0.05, 0) is 136 Å². The van der Waals surface area contributed by atoms with Gasteiger partial charge in [0.15, 0.2) is 23.8 Å². The van der Waals surface area contributed by atoms with Crippen molar-refractivity contribution >= 4 is 29.8 Å². The van der Waals surface area contributed by atoms with Gasteiger partial charge in [0.2, 0.25) is 5.96 Å². The van der Waals surface area contributed by atoms with E-state index in [0.717, 1.165) is 95.0 Å². The van der Waals surface area contributed by atoms with Crippen molar-refractivity contribution in [1.82, 2.24) is 15.1 Å². The van der Waals surface area contributed by atoms with Crippen LogP contribution in [0.1, 0.15) is 44.5 Å². The summed E-state index contributed by atoms with van der Waals surface area (Å²) in [6.07, 6.45) is 3.54. The Morgan fingerprint density at radius 1 is 0.367 bits per heavy atom. The van der Waals surface area contributed by atoms with Gasteiger partial charge in [-0.1, -0.05) is 131 Å². The predicted molar refractivity (Wildman–Crippen MR) is 369 cm³/mol. The zero-order chi connectivity index (χ0) is 64.9. The molecule has 0 saturated carbocycles. The Balaban J connectivity index is 0.000000291. The van der Waals surface area contributed by atoms with Gasteiger partial charge in [0, 0.05) is 71.0 Å². The molecule has 0 radical (unpaired) electrons. The largest absolute Gasteiger partial charge is 0.370 e. The topological polar surface area (TPSA) is 404 Å². The number of nitrogens with one attached hydrogen (secondary N) is 1. The quantitative estimate of drug-likeness (QED) is 0.0586. The van der Waals surface area contributed by atoms with E-state index in [1.807, 2.05) is 116 Å². The van der Waals surface area contributed by atoms with Crippen LogP contribution in [0.25, 0.3) is 44.5 Å². The molecule has 0 saturated heterocycles. The van der Waals surface area contributed by atoms with Gasteiger partial charge in [0.05, 0.1) is 26.2 Å². The summed E-state index contributed by atoms with van der Waals surface area (Å²) in [5, 5.41) is 6.89. The second-order valence-electron chi connectivity index (χ2n) is 18.3. The van der Waals surface area contributed by atoms with Crippen LogP contribution < -0.4 is 74.1 Å². The minimum absolute atomic E-state index is 0.0298. The molecule has 6 aromatic carbocycles. The summed E-state index contributed by atoms with van der Waals surface area (Å²) >= 11 is 0. The molecule has 90 heavy (non-hydrogen) atoms. The summed E-state index contributed by atoms with van der Waals surface area (Å²) in [6.45, 7) is 1.83. The molecule has 0 aliphatic heterocycles. The summed E-state index contributed by atoms with van der Waals surface area (Å²) in [6, 6.07) is 41.8. The third-order valence-corrected chi connectivity index (χ3v) is 11.6. The maximum absolute atomic E-state index is 5.56. The first-order valence-corrected chi connectivity index (χ1v) is 27.5. The SMILES string of the molecule is CN=C(NC)n1cccn1.NC(N)=NCC#Cc1cc(C#CCN=C(N)N)cc(-c2cccc(-c3cc(C#CCN=C(N)N)cc(C#CCN=C(N)N)c3)c2)c1.NCC#Cc1cc(C#CCN)cc(-c2cccc(-c3cc(C#CCN)cc(C#CCN)c3)c2)c1. The van der Waals surface area contributed by atoms with Crippen LogP contribution in [-0.4, -0.2) is 106 Å². The number of guanidine groups is 4. The van der Waals surface area contributed by atoms with Crippen LogP contribution in [0.4, 0.5) is 0 Å². The third kappa shape index (κ3) is 24.5. The number of hydrogen-bond donors (Lipinski definition) is 13. The number of hydrogen-bond acceptors (Lipinski definition) is 10. The maximum atomic E-state index is 5.56. The minimum Gasteiger partial charge on any atom is -0.370 e. The average molecular weight is 1190 g/mol. The third-order valence-electron chi connectivity index (χ3n) is 11.6. The normalized spacial score (nSPS) is 9.51. The molecule has 0 atom stereocenters. The van der Waals surface area contributed by atoms with Gasteiger partial charge in [0.1, 0.15) is 26.2 Å². The van der Waals surface area contributed by atoms with Crippen molar-refractivity contribution in [3.63, 3.8) is 0 Å². The molecule has 0 bridgehead atoms. The highest BCUT2D eigenvalue weighted by atomic mass is 15.4. The highest BCUT2D eigenvalue weighted by Crippen LogP contribution is 2.31. The average Bonchev–Trinajstić information content (AvgIpc) is 1.78. The second kappa shape index (κ2) is 37.7. The number of rotatable bonds is 8. The van der Waals surface area contributed by atoms with Crippen molar-refractivity contribution in [2.45, 2.75) is 0 Å². The molecular weight excluding hydrogens is 1120 g/mol. The Morgan fingerprint density at radius 3 is 0.822 bits per heavy atom. The highest BCUT2D eigenvalue weighted by Gasteiger charge is 2.09. The van der Waals surface area contributed by atoms with E-state index in [9.17, 15) is 0 Å².